The topological polar surface area (TPSA) is 71.0 Å². The van der Waals surface area contributed by atoms with Gasteiger partial charge in [0.2, 0.25) is 11.9 Å². The molecule has 5 rings (SSSR count). The van der Waals surface area contributed by atoms with E-state index in [-0.39, 0.29) is 5.91 Å². The number of fused-ring (bicyclic) bond motifs is 2. The Morgan fingerprint density at radius 1 is 1.14 bits per heavy atom. The van der Waals surface area contributed by atoms with Crippen LogP contribution in [0.25, 0.3) is 17.0 Å². The molecule has 1 aromatic carbocycles. The van der Waals surface area contributed by atoms with E-state index >= 15 is 0 Å². The molecule has 29 heavy (non-hydrogen) atoms. The molecule has 0 bridgehead atoms. The van der Waals surface area contributed by atoms with Gasteiger partial charge in [-0.15, -0.1) is 0 Å². The highest BCUT2D eigenvalue weighted by Gasteiger charge is 2.55. The number of aromatic nitrogens is 3. The molecule has 1 saturated heterocycles. The highest BCUT2D eigenvalue weighted by atomic mass is 16.1. The van der Waals surface area contributed by atoms with Gasteiger partial charge >= 0.3 is 0 Å². The zero-order valence-electron chi connectivity index (χ0n) is 16.1. The van der Waals surface area contributed by atoms with Crippen LogP contribution in [0.5, 0.6) is 0 Å². The van der Waals surface area contributed by atoms with Crippen LogP contribution in [0.15, 0.2) is 61.1 Å². The summed E-state index contributed by atoms with van der Waals surface area (Å²) >= 11 is 0. The number of amides is 1. The van der Waals surface area contributed by atoms with E-state index in [9.17, 15) is 4.79 Å². The van der Waals surface area contributed by atoms with Crippen LogP contribution in [0.4, 0.5) is 5.95 Å². The standard InChI is InChI=1S/C23H23N5O/c29-22(8-7-16-4-3-10-24-12-16)25-11-9-18-19-14-28(15-20(18)19)23-26-13-17-5-1-2-6-21(17)27-23/h1-8,10,12-13,18-20H,9,11,14-15H2,(H,25,29)/b8-7+. The fourth-order valence-electron chi connectivity index (χ4n) is 4.42. The fourth-order valence-corrected chi connectivity index (χ4v) is 4.42. The first-order valence-electron chi connectivity index (χ1n) is 10.1. The second-order valence-corrected chi connectivity index (χ2v) is 7.82. The van der Waals surface area contributed by atoms with Crippen LogP contribution in [-0.4, -0.2) is 40.5 Å². The maximum absolute atomic E-state index is 12.0. The lowest BCUT2D eigenvalue weighted by molar-refractivity contribution is -0.116. The van der Waals surface area contributed by atoms with Crippen molar-refractivity contribution < 1.29 is 4.79 Å². The Hall–Kier alpha value is -3.28. The predicted molar refractivity (Wildman–Crippen MR) is 113 cm³/mol. The highest BCUT2D eigenvalue weighted by molar-refractivity contribution is 5.91. The summed E-state index contributed by atoms with van der Waals surface area (Å²) in [4.78, 5) is 27.6. The summed E-state index contributed by atoms with van der Waals surface area (Å²) in [5.74, 6) is 2.89. The number of carbonyl (C=O) groups is 1. The van der Waals surface area contributed by atoms with Crippen molar-refractivity contribution in [1.29, 1.82) is 0 Å². The normalized spacial score (nSPS) is 22.8. The van der Waals surface area contributed by atoms with Crippen LogP contribution in [-0.2, 0) is 4.79 Å². The second-order valence-electron chi connectivity index (χ2n) is 7.82. The van der Waals surface area contributed by atoms with Gasteiger partial charge in [-0.25, -0.2) is 9.97 Å². The van der Waals surface area contributed by atoms with Gasteiger partial charge in [-0.05, 0) is 47.9 Å². The van der Waals surface area contributed by atoms with Gasteiger partial charge in [0, 0.05) is 49.7 Å². The Kier molecular flexibility index (Phi) is 4.68. The quantitative estimate of drug-likeness (QED) is 0.661. The Morgan fingerprint density at radius 2 is 2.00 bits per heavy atom. The van der Waals surface area contributed by atoms with Gasteiger partial charge in [-0.3, -0.25) is 9.78 Å². The summed E-state index contributed by atoms with van der Waals surface area (Å²) in [6.07, 6.45) is 9.76. The van der Waals surface area contributed by atoms with Crippen LogP contribution in [0.1, 0.15) is 12.0 Å². The molecule has 1 amide bonds. The molecule has 2 fully saturated rings. The van der Waals surface area contributed by atoms with Crippen LogP contribution in [0.2, 0.25) is 0 Å². The molecule has 1 N–H and O–H groups in total. The van der Waals surface area contributed by atoms with E-state index in [1.807, 2.05) is 42.6 Å². The zero-order valence-corrected chi connectivity index (χ0v) is 16.1. The van der Waals surface area contributed by atoms with Gasteiger partial charge in [-0.1, -0.05) is 24.3 Å². The number of nitrogens with zero attached hydrogens (tertiary/aromatic N) is 4. The number of piperidine rings is 1. The van der Waals surface area contributed by atoms with Gasteiger partial charge in [-0.2, -0.15) is 0 Å². The Balaban J connectivity index is 1.08. The third-order valence-corrected chi connectivity index (χ3v) is 6.02. The molecule has 2 aliphatic rings. The van der Waals surface area contributed by atoms with E-state index in [1.165, 1.54) is 0 Å². The molecule has 3 heterocycles. The van der Waals surface area contributed by atoms with Crippen LogP contribution in [0.3, 0.4) is 0 Å². The number of nitrogens with one attached hydrogen (secondary N) is 1. The Labute approximate surface area is 169 Å². The fraction of sp³-hybridized carbons (Fsp3) is 0.304. The molecule has 1 aliphatic heterocycles. The molecular weight excluding hydrogens is 362 g/mol. The van der Waals surface area contributed by atoms with Crippen molar-refractivity contribution in [2.45, 2.75) is 6.42 Å². The average Bonchev–Trinajstić information content (AvgIpc) is 3.20. The SMILES string of the molecule is O=C(/C=C/c1cccnc1)NCCC1C2CN(c3ncc4ccccc4n3)CC12. The summed E-state index contributed by atoms with van der Waals surface area (Å²) in [5.41, 5.74) is 1.92. The van der Waals surface area contributed by atoms with Crippen molar-refractivity contribution in [3.05, 3.63) is 66.6 Å². The number of hydrogen-bond donors (Lipinski definition) is 1. The van der Waals surface area contributed by atoms with Crippen LogP contribution in [0, 0.1) is 17.8 Å². The van der Waals surface area contributed by atoms with Gasteiger partial charge in [0.1, 0.15) is 0 Å². The van der Waals surface area contributed by atoms with Crippen molar-refractivity contribution in [1.82, 2.24) is 20.3 Å². The molecule has 2 unspecified atom stereocenters. The summed E-state index contributed by atoms with van der Waals surface area (Å²) in [6.45, 7) is 2.76. The molecule has 0 spiro atoms. The lowest BCUT2D eigenvalue weighted by Gasteiger charge is -2.20. The summed E-state index contributed by atoms with van der Waals surface area (Å²) < 4.78 is 0. The maximum atomic E-state index is 12.0. The number of benzene rings is 1. The molecule has 0 radical (unpaired) electrons. The van der Waals surface area contributed by atoms with E-state index in [1.54, 1.807) is 24.5 Å². The molecule has 146 valence electrons. The molecule has 3 aromatic rings. The third kappa shape index (κ3) is 3.83. The lowest BCUT2D eigenvalue weighted by atomic mass is 10.2. The third-order valence-electron chi connectivity index (χ3n) is 6.02. The van der Waals surface area contributed by atoms with Crippen molar-refractivity contribution in [2.75, 3.05) is 24.5 Å². The molecule has 1 saturated carbocycles. The number of carbonyl (C=O) groups excluding carboxylic acids is 1. The minimum atomic E-state index is -0.0501. The number of rotatable bonds is 6. The van der Waals surface area contributed by atoms with E-state index < -0.39 is 0 Å². The molecule has 6 nitrogen and oxygen atoms in total. The largest absolute Gasteiger partial charge is 0.353 e. The van der Waals surface area contributed by atoms with Crippen molar-refractivity contribution in [3.63, 3.8) is 0 Å². The number of pyridine rings is 1. The van der Waals surface area contributed by atoms with E-state index in [2.05, 4.69) is 20.2 Å². The van der Waals surface area contributed by atoms with Gasteiger partial charge in [0.15, 0.2) is 0 Å². The Bertz CT molecular complexity index is 1040. The van der Waals surface area contributed by atoms with Crippen molar-refractivity contribution in [2.24, 2.45) is 17.8 Å². The minimum absolute atomic E-state index is 0.0501. The smallest absolute Gasteiger partial charge is 0.244 e. The van der Waals surface area contributed by atoms with Gasteiger partial charge in [0.05, 0.1) is 5.52 Å². The van der Waals surface area contributed by atoms with Gasteiger partial charge < -0.3 is 10.2 Å². The average molecular weight is 385 g/mol. The first-order valence-corrected chi connectivity index (χ1v) is 10.1. The van der Waals surface area contributed by atoms with Gasteiger partial charge in [0.25, 0.3) is 0 Å². The van der Waals surface area contributed by atoms with Crippen LogP contribution < -0.4 is 10.2 Å². The molecule has 6 heteroatoms. The number of anilines is 1. The summed E-state index contributed by atoms with van der Waals surface area (Å²) in [5, 5.41) is 4.07. The van der Waals surface area contributed by atoms with Crippen molar-refractivity contribution in [3.8, 4) is 0 Å². The summed E-state index contributed by atoms with van der Waals surface area (Å²) in [6, 6.07) is 11.9. The predicted octanol–water partition coefficient (Wildman–Crippen LogP) is 2.93. The number of para-hydroxylation sites is 1. The van der Waals surface area contributed by atoms with E-state index in [0.29, 0.717) is 17.8 Å². The molecule has 2 aromatic heterocycles. The minimum Gasteiger partial charge on any atom is -0.353 e. The monoisotopic (exact) mass is 385 g/mol. The first kappa shape index (κ1) is 17.8. The maximum Gasteiger partial charge on any atom is 0.244 e. The van der Waals surface area contributed by atoms with Crippen LogP contribution >= 0.6 is 0 Å². The summed E-state index contributed by atoms with van der Waals surface area (Å²) in [7, 11) is 0. The first-order chi connectivity index (χ1) is 14.3. The lowest BCUT2D eigenvalue weighted by Crippen LogP contribution is -2.27. The highest BCUT2D eigenvalue weighted by Crippen LogP contribution is 2.53. The van der Waals surface area contributed by atoms with Crippen molar-refractivity contribution >= 4 is 28.8 Å². The van der Waals surface area contributed by atoms with E-state index in [4.69, 9.17) is 4.98 Å². The molecular formula is C23H23N5O. The zero-order chi connectivity index (χ0) is 19.6. The number of hydrogen-bond acceptors (Lipinski definition) is 5. The second kappa shape index (κ2) is 7.62. The Morgan fingerprint density at radius 3 is 2.83 bits per heavy atom. The molecule has 1 aliphatic carbocycles. The molecule has 2 atom stereocenters. The van der Waals surface area contributed by atoms with E-state index in [0.717, 1.165) is 48.5 Å².